The molecule has 0 bridgehead atoms. The van der Waals surface area contributed by atoms with Crippen LogP contribution in [0.5, 0.6) is 0 Å². The number of halogens is 2. The highest BCUT2D eigenvalue weighted by atomic mass is 79.9. The Labute approximate surface area is 136 Å². The molecule has 2 N–H and O–H groups in total. The Morgan fingerprint density at radius 3 is 2.21 bits per heavy atom. The number of rotatable bonds is 9. The lowest BCUT2D eigenvalue weighted by molar-refractivity contribution is 0.0999. The van der Waals surface area contributed by atoms with Crippen molar-refractivity contribution in [2.45, 2.75) is 58.3 Å². The molecule has 1 rings (SSSR count). The van der Waals surface area contributed by atoms with Crippen LogP contribution in [0, 0.1) is 0 Å². The van der Waals surface area contributed by atoms with Crippen LogP contribution in [0.1, 0.15) is 67.8 Å². The summed E-state index contributed by atoms with van der Waals surface area (Å²) in [5.74, 6) is -0.341. The van der Waals surface area contributed by atoms with Crippen molar-refractivity contribution in [1.29, 1.82) is 0 Å². The largest absolute Gasteiger partial charge is 0.366 e. The van der Waals surface area contributed by atoms with E-state index in [2.05, 4.69) is 38.8 Å². The van der Waals surface area contributed by atoms with Gasteiger partial charge in [0.2, 0.25) is 0 Å². The molecule has 108 valence electrons. The van der Waals surface area contributed by atoms with Gasteiger partial charge in [0, 0.05) is 0 Å². The van der Waals surface area contributed by atoms with Crippen LogP contribution in [0.25, 0.3) is 0 Å². The van der Waals surface area contributed by atoms with Crippen LogP contribution in [0.4, 0.5) is 0 Å². The van der Waals surface area contributed by atoms with Gasteiger partial charge < -0.3 is 5.73 Å². The van der Waals surface area contributed by atoms with Gasteiger partial charge in [0.25, 0.3) is 5.91 Å². The van der Waals surface area contributed by atoms with Gasteiger partial charge in [-0.3, -0.25) is 4.79 Å². The van der Waals surface area contributed by atoms with Crippen molar-refractivity contribution in [2.24, 2.45) is 5.73 Å². The summed E-state index contributed by atoms with van der Waals surface area (Å²) in [5.41, 5.74) is 7.15. The molecule has 0 aromatic carbocycles. The van der Waals surface area contributed by atoms with E-state index in [1.807, 2.05) is 0 Å². The maximum atomic E-state index is 11.4. The first-order chi connectivity index (χ1) is 9.07. The molecule has 0 saturated carbocycles. The molecule has 0 spiro atoms. The summed E-state index contributed by atoms with van der Waals surface area (Å²) >= 11 is 8.46. The summed E-state index contributed by atoms with van der Waals surface area (Å²) in [4.78, 5) is 11.4. The molecule has 2 nitrogen and oxygen atoms in total. The fourth-order valence-electron chi connectivity index (χ4n) is 2.14. The average molecular weight is 411 g/mol. The van der Waals surface area contributed by atoms with Gasteiger partial charge in [-0.1, -0.05) is 45.4 Å². The Morgan fingerprint density at radius 2 is 1.63 bits per heavy atom. The van der Waals surface area contributed by atoms with Crippen molar-refractivity contribution >= 4 is 49.1 Å². The molecule has 19 heavy (non-hydrogen) atoms. The van der Waals surface area contributed by atoms with E-state index in [4.69, 9.17) is 5.73 Å². The van der Waals surface area contributed by atoms with Crippen molar-refractivity contribution in [1.82, 2.24) is 0 Å². The van der Waals surface area contributed by atoms with Gasteiger partial charge in [0.05, 0.1) is 13.1 Å². The van der Waals surface area contributed by atoms with Gasteiger partial charge in [0.1, 0.15) is 0 Å². The van der Waals surface area contributed by atoms with Crippen molar-refractivity contribution in [3.05, 3.63) is 18.7 Å². The number of amides is 1. The highest BCUT2D eigenvalue weighted by Crippen LogP contribution is 2.37. The normalized spacial score (nSPS) is 10.9. The minimum absolute atomic E-state index is 0.341. The molecular formula is C14H21Br2NOS. The number of hydrogen-bond acceptors (Lipinski definition) is 2. The van der Waals surface area contributed by atoms with Crippen LogP contribution in [0.2, 0.25) is 0 Å². The fourth-order valence-corrected chi connectivity index (χ4v) is 5.40. The number of primary amides is 1. The van der Waals surface area contributed by atoms with Crippen LogP contribution < -0.4 is 5.73 Å². The van der Waals surface area contributed by atoms with E-state index >= 15 is 0 Å². The fraction of sp³-hybridized carbons (Fsp3) is 0.643. The van der Waals surface area contributed by atoms with E-state index in [1.54, 1.807) is 0 Å². The zero-order valence-electron chi connectivity index (χ0n) is 11.3. The van der Waals surface area contributed by atoms with Crippen molar-refractivity contribution in [3.63, 3.8) is 0 Å². The maximum absolute atomic E-state index is 11.4. The van der Waals surface area contributed by atoms with E-state index in [-0.39, 0.29) is 5.91 Å². The lowest BCUT2D eigenvalue weighted by atomic mass is 10.0. The van der Waals surface area contributed by atoms with Gasteiger partial charge in [-0.2, -0.15) is 0 Å². The van der Waals surface area contributed by atoms with E-state index in [1.165, 1.54) is 49.9 Å². The monoisotopic (exact) mass is 409 g/mol. The molecule has 1 amide bonds. The van der Waals surface area contributed by atoms with Crippen molar-refractivity contribution < 1.29 is 4.79 Å². The van der Waals surface area contributed by atoms with Crippen LogP contribution in [-0.2, 0) is 6.42 Å². The minimum atomic E-state index is -0.341. The molecule has 1 aromatic rings. The summed E-state index contributed by atoms with van der Waals surface area (Å²) < 4.78 is 1.86. The van der Waals surface area contributed by atoms with Gasteiger partial charge in [-0.15, -0.1) is 11.3 Å². The minimum Gasteiger partial charge on any atom is -0.366 e. The number of unbranched alkanes of at least 4 members (excludes halogenated alkanes) is 6. The second-order valence-corrected chi connectivity index (χ2v) is 8.40. The Bertz CT molecular complexity index is 418. The Balaban J connectivity index is 2.39. The van der Waals surface area contributed by atoms with Crippen LogP contribution in [-0.4, -0.2) is 5.91 Å². The first-order valence-corrected chi connectivity index (χ1v) is 9.24. The summed E-state index contributed by atoms with van der Waals surface area (Å²) in [6.45, 7) is 2.23. The van der Waals surface area contributed by atoms with Gasteiger partial charge >= 0.3 is 0 Å². The number of nitrogens with two attached hydrogens (primary N) is 1. The quantitative estimate of drug-likeness (QED) is 0.524. The lowest BCUT2D eigenvalue weighted by Gasteiger charge is -2.04. The standard InChI is InChI=1S/C14H21Br2NOS/c1-2-3-4-5-6-7-8-9-10-11(14(17)18)13(16)19-12(10)15/h2-9H2,1H3,(H2,17,18). The zero-order chi connectivity index (χ0) is 14.3. The zero-order valence-corrected chi connectivity index (χ0v) is 15.3. The number of hydrogen-bond donors (Lipinski definition) is 1. The SMILES string of the molecule is CCCCCCCCCc1c(Br)sc(Br)c1C(N)=O. The second-order valence-electron chi connectivity index (χ2n) is 4.74. The van der Waals surface area contributed by atoms with Crippen LogP contribution in [0.15, 0.2) is 7.57 Å². The summed E-state index contributed by atoms with van der Waals surface area (Å²) in [5, 5.41) is 0. The predicted molar refractivity (Wildman–Crippen MR) is 89.9 cm³/mol. The molecule has 0 aliphatic carbocycles. The Kier molecular flexibility index (Phi) is 8.26. The third-order valence-electron chi connectivity index (χ3n) is 3.19. The van der Waals surface area contributed by atoms with Crippen LogP contribution in [0.3, 0.4) is 0 Å². The summed E-state index contributed by atoms with van der Waals surface area (Å²) in [6, 6.07) is 0. The molecule has 0 atom stereocenters. The number of thiophene rings is 1. The van der Waals surface area contributed by atoms with E-state index < -0.39 is 0 Å². The van der Waals surface area contributed by atoms with E-state index in [9.17, 15) is 4.79 Å². The van der Waals surface area contributed by atoms with Gasteiger partial charge in [-0.25, -0.2) is 0 Å². The van der Waals surface area contributed by atoms with Gasteiger partial charge in [-0.05, 0) is 50.3 Å². The molecule has 0 aliphatic rings. The Morgan fingerprint density at radius 1 is 1.05 bits per heavy atom. The Hall–Kier alpha value is 0.130. The van der Waals surface area contributed by atoms with Crippen molar-refractivity contribution in [3.8, 4) is 0 Å². The molecule has 0 radical (unpaired) electrons. The molecule has 0 aliphatic heterocycles. The summed E-state index contributed by atoms with van der Waals surface area (Å²) in [7, 11) is 0. The molecule has 0 saturated heterocycles. The number of carbonyl (C=O) groups is 1. The van der Waals surface area contributed by atoms with E-state index in [0.717, 1.165) is 26.0 Å². The molecule has 1 heterocycles. The highest BCUT2D eigenvalue weighted by Gasteiger charge is 2.18. The third-order valence-corrected chi connectivity index (χ3v) is 5.85. The molecule has 5 heteroatoms. The summed E-state index contributed by atoms with van der Waals surface area (Å²) in [6.07, 6.45) is 9.86. The molecular weight excluding hydrogens is 390 g/mol. The highest BCUT2D eigenvalue weighted by molar-refractivity contribution is 9.12. The van der Waals surface area contributed by atoms with E-state index in [0.29, 0.717) is 5.56 Å². The van der Waals surface area contributed by atoms with Crippen molar-refractivity contribution in [2.75, 3.05) is 0 Å². The topological polar surface area (TPSA) is 43.1 Å². The second kappa shape index (κ2) is 9.14. The molecule has 1 aromatic heterocycles. The molecule has 0 unspecified atom stereocenters. The first kappa shape index (κ1) is 17.2. The predicted octanol–water partition coefficient (Wildman–Crippen LogP) is 5.67. The third kappa shape index (κ3) is 5.56. The first-order valence-electron chi connectivity index (χ1n) is 6.84. The van der Waals surface area contributed by atoms with Crippen LogP contribution >= 0.6 is 43.2 Å². The smallest absolute Gasteiger partial charge is 0.251 e. The number of carbonyl (C=O) groups excluding carboxylic acids is 1. The molecule has 0 fully saturated rings. The average Bonchev–Trinajstić information content (AvgIpc) is 2.63. The van der Waals surface area contributed by atoms with Gasteiger partial charge in [0.15, 0.2) is 0 Å². The lowest BCUT2D eigenvalue weighted by Crippen LogP contribution is -2.13. The maximum Gasteiger partial charge on any atom is 0.251 e.